The zero-order valence-corrected chi connectivity index (χ0v) is 14.5. The Bertz CT molecular complexity index is 428. The molecule has 0 saturated carbocycles. The maximum absolute atomic E-state index is 11.9. The summed E-state index contributed by atoms with van der Waals surface area (Å²) in [4.78, 5) is 11.9. The highest BCUT2D eigenvalue weighted by Gasteiger charge is 2.33. The van der Waals surface area contributed by atoms with Crippen LogP contribution >= 0.6 is 0 Å². The van der Waals surface area contributed by atoms with E-state index in [1.807, 2.05) is 13.0 Å². The first-order valence-corrected chi connectivity index (χ1v) is 11.0. The predicted octanol–water partition coefficient (Wildman–Crippen LogP) is 3.07. The molecule has 0 N–H and O–H groups in total. The van der Waals surface area contributed by atoms with Crippen LogP contribution in [0, 0.1) is 0 Å². The first-order valence-electron chi connectivity index (χ1n) is 7.27. The molecule has 0 aliphatic rings. The number of quaternary nitrogens is 1. The summed E-state index contributed by atoms with van der Waals surface area (Å²) in [6.07, 6.45) is 1.07. The third-order valence-corrected chi connectivity index (χ3v) is 4.79. The summed E-state index contributed by atoms with van der Waals surface area (Å²) >= 11 is 0. The lowest BCUT2D eigenvalue weighted by molar-refractivity contribution is -0.906. The zero-order valence-electron chi connectivity index (χ0n) is 13.5. The Hall–Kier alpha value is -1.13. The minimum atomic E-state index is -1.27. The van der Waals surface area contributed by atoms with Gasteiger partial charge in [0, 0.05) is 5.56 Å². The number of carbonyl (C=O) groups excluding carboxylic acids is 1. The van der Waals surface area contributed by atoms with E-state index >= 15 is 0 Å². The number of hydrogen-bond acceptors (Lipinski definition) is 2. The van der Waals surface area contributed by atoms with E-state index in [1.54, 1.807) is 0 Å². The molecular weight excluding hydrogens is 266 g/mol. The molecule has 0 spiro atoms. The first-order chi connectivity index (χ1) is 9.24. The van der Waals surface area contributed by atoms with Crippen molar-refractivity contribution in [2.24, 2.45) is 0 Å². The van der Waals surface area contributed by atoms with E-state index in [9.17, 15) is 4.79 Å². The van der Waals surface area contributed by atoms with Gasteiger partial charge in [-0.05, 0) is 6.92 Å². The standard InChI is InChI=1S/C16H28NO2Si/c1-6-19-16(18)13-17(2,14-20(3,4)5)12-15-10-8-7-9-11-15/h7-11H,6,12-14H2,1-5H3/q+1. The summed E-state index contributed by atoms with van der Waals surface area (Å²) < 4.78 is 5.89. The van der Waals surface area contributed by atoms with Gasteiger partial charge in [-0.15, -0.1) is 0 Å². The van der Waals surface area contributed by atoms with Gasteiger partial charge in [0.25, 0.3) is 0 Å². The summed E-state index contributed by atoms with van der Waals surface area (Å²) in [5.41, 5.74) is 1.28. The molecule has 3 nitrogen and oxygen atoms in total. The molecule has 0 aromatic heterocycles. The van der Waals surface area contributed by atoms with Gasteiger partial charge >= 0.3 is 5.97 Å². The van der Waals surface area contributed by atoms with Crippen LogP contribution in [0.2, 0.25) is 19.6 Å². The van der Waals surface area contributed by atoms with Gasteiger partial charge < -0.3 is 9.22 Å². The van der Waals surface area contributed by atoms with E-state index in [4.69, 9.17) is 4.74 Å². The van der Waals surface area contributed by atoms with Crippen molar-refractivity contribution in [1.29, 1.82) is 0 Å². The number of benzene rings is 1. The molecule has 0 heterocycles. The van der Waals surface area contributed by atoms with Gasteiger partial charge in [-0.2, -0.15) is 0 Å². The van der Waals surface area contributed by atoms with Crippen LogP contribution in [0.15, 0.2) is 30.3 Å². The van der Waals surface area contributed by atoms with Crippen LogP contribution in [0.1, 0.15) is 12.5 Å². The maximum atomic E-state index is 11.9. The molecule has 1 unspecified atom stereocenters. The quantitative estimate of drug-likeness (QED) is 0.439. The Balaban J connectivity index is 2.86. The minimum absolute atomic E-state index is 0.0934. The van der Waals surface area contributed by atoms with E-state index in [2.05, 4.69) is 51.0 Å². The fourth-order valence-corrected chi connectivity index (χ4v) is 5.37. The smallest absolute Gasteiger partial charge is 0.361 e. The van der Waals surface area contributed by atoms with Crippen molar-refractivity contribution < 1.29 is 14.0 Å². The number of nitrogens with zero attached hydrogens (tertiary/aromatic N) is 1. The molecule has 1 rings (SSSR count). The molecule has 4 heteroatoms. The van der Waals surface area contributed by atoms with Crippen LogP contribution in [0.3, 0.4) is 0 Å². The normalized spacial score (nSPS) is 14.7. The predicted molar refractivity (Wildman–Crippen MR) is 86.0 cm³/mol. The van der Waals surface area contributed by atoms with Gasteiger partial charge in [0.05, 0.1) is 19.8 Å². The van der Waals surface area contributed by atoms with E-state index < -0.39 is 8.07 Å². The Morgan fingerprint density at radius 3 is 2.30 bits per heavy atom. The summed E-state index contributed by atoms with van der Waals surface area (Å²) in [5.74, 6) is -0.0934. The van der Waals surface area contributed by atoms with Gasteiger partial charge in [-0.25, -0.2) is 4.79 Å². The summed E-state index contributed by atoms with van der Waals surface area (Å²) in [6.45, 7) is 10.7. The van der Waals surface area contributed by atoms with E-state index in [0.29, 0.717) is 13.2 Å². The molecule has 0 fully saturated rings. The summed E-state index contributed by atoms with van der Waals surface area (Å²) in [5, 5.41) is 0. The van der Waals surface area contributed by atoms with E-state index in [0.717, 1.165) is 17.2 Å². The maximum Gasteiger partial charge on any atom is 0.361 e. The van der Waals surface area contributed by atoms with Crippen molar-refractivity contribution >= 4 is 14.0 Å². The van der Waals surface area contributed by atoms with Crippen molar-refractivity contribution in [3.63, 3.8) is 0 Å². The average Bonchev–Trinajstić information content (AvgIpc) is 2.26. The fraction of sp³-hybridized carbons (Fsp3) is 0.562. The fourth-order valence-electron chi connectivity index (χ4n) is 2.86. The van der Waals surface area contributed by atoms with Gasteiger partial charge in [-0.3, -0.25) is 0 Å². The summed E-state index contributed by atoms with van der Waals surface area (Å²) in [7, 11) is 0.897. The number of carbonyl (C=O) groups is 1. The second-order valence-corrected chi connectivity index (χ2v) is 12.4. The molecule has 112 valence electrons. The highest BCUT2D eigenvalue weighted by atomic mass is 28.3. The summed E-state index contributed by atoms with van der Waals surface area (Å²) in [6, 6.07) is 10.4. The molecule has 1 aromatic carbocycles. The molecule has 1 aromatic rings. The monoisotopic (exact) mass is 294 g/mol. The average molecular weight is 294 g/mol. The largest absolute Gasteiger partial charge is 0.462 e. The molecule has 20 heavy (non-hydrogen) atoms. The molecule has 1 atom stereocenters. The Labute approximate surface area is 124 Å². The SMILES string of the molecule is CCOC(=O)C[N+](C)(Cc1ccccc1)C[Si](C)(C)C. The minimum Gasteiger partial charge on any atom is -0.462 e. The van der Waals surface area contributed by atoms with Crippen molar-refractivity contribution in [2.75, 3.05) is 26.4 Å². The molecule has 0 radical (unpaired) electrons. The van der Waals surface area contributed by atoms with Crippen molar-refractivity contribution in [1.82, 2.24) is 0 Å². The number of ether oxygens (including phenoxy) is 1. The Kier molecular flexibility index (Phi) is 5.96. The lowest BCUT2D eigenvalue weighted by atomic mass is 10.2. The first kappa shape index (κ1) is 16.9. The zero-order chi connectivity index (χ0) is 15.2. The van der Waals surface area contributed by atoms with Crippen LogP contribution in [0.4, 0.5) is 0 Å². The number of likely N-dealkylation sites (N-methyl/N-ethyl adjacent to an activating group) is 1. The molecule has 0 bridgehead atoms. The van der Waals surface area contributed by atoms with Gasteiger partial charge in [0.15, 0.2) is 6.54 Å². The van der Waals surface area contributed by atoms with Crippen LogP contribution in [-0.4, -0.2) is 44.9 Å². The third-order valence-electron chi connectivity index (χ3n) is 3.08. The van der Waals surface area contributed by atoms with Crippen LogP contribution in [-0.2, 0) is 16.1 Å². The van der Waals surface area contributed by atoms with Gasteiger partial charge in [0.1, 0.15) is 14.6 Å². The van der Waals surface area contributed by atoms with Crippen LogP contribution in [0.25, 0.3) is 0 Å². The second-order valence-electron chi connectivity index (χ2n) is 6.95. The van der Waals surface area contributed by atoms with Crippen LogP contribution in [0.5, 0.6) is 0 Å². The third kappa shape index (κ3) is 6.35. The van der Waals surface area contributed by atoms with Crippen LogP contribution < -0.4 is 0 Å². The molecule has 0 amide bonds. The van der Waals surface area contributed by atoms with Crippen molar-refractivity contribution in [3.05, 3.63) is 35.9 Å². The second kappa shape index (κ2) is 7.04. The number of hydrogen-bond donors (Lipinski definition) is 0. The molecule has 0 saturated heterocycles. The lowest BCUT2D eigenvalue weighted by Gasteiger charge is -2.38. The lowest BCUT2D eigenvalue weighted by Crippen LogP contribution is -2.55. The Morgan fingerprint density at radius 2 is 1.80 bits per heavy atom. The highest BCUT2D eigenvalue weighted by molar-refractivity contribution is 6.76. The highest BCUT2D eigenvalue weighted by Crippen LogP contribution is 2.17. The van der Waals surface area contributed by atoms with Gasteiger partial charge in [0.2, 0.25) is 0 Å². The molecular formula is C16H28NO2Si+. The van der Waals surface area contributed by atoms with E-state index in [1.165, 1.54) is 5.56 Å². The number of esters is 1. The van der Waals surface area contributed by atoms with E-state index in [-0.39, 0.29) is 5.97 Å². The Morgan fingerprint density at radius 1 is 1.20 bits per heavy atom. The van der Waals surface area contributed by atoms with Gasteiger partial charge in [-0.1, -0.05) is 50.0 Å². The molecule has 0 aliphatic carbocycles. The topological polar surface area (TPSA) is 26.3 Å². The van der Waals surface area contributed by atoms with Crippen molar-refractivity contribution in [2.45, 2.75) is 33.1 Å². The van der Waals surface area contributed by atoms with Crippen molar-refractivity contribution in [3.8, 4) is 0 Å². The molecule has 0 aliphatic heterocycles. The number of rotatable bonds is 7.